The molecule has 2 N–H and O–H groups in total. The number of rotatable bonds is 3. The van der Waals surface area contributed by atoms with Crippen molar-refractivity contribution < 1.29 is 32.9 Å². The predicted molar refractivity (Wildman–Crippen MR) is 88.0 cm³/mol. The van der Waals surface area contributed by atoms with Crippen molar-refractivity contribution in [1.82, 2.24) is 9.55 Å². The molecular formula is C18H19F3N2O4. The number of aromatic hydroxyl groups is 1. The topological polar surface area (TPSA) is 84.6 Å². The Morgan fingerprint density at radius 1 is 1.33 bits per heavy atom. The molecule has 1 heterocycles. The van der Waals surface area contributed by atoms with Gasteiger partial charge in [-0.1, -0.05) is 0 Å². The molecule has 0 radical (unpaired) electrons. The van der Waals surface area contributed by atoms with Gasteiger partial charge in [0.1, 0.15) is 5.75 Å². The van der Waals surface area contributed by atoms with Crippen molar-refractivity contribution in [2.75, 3.05) is 0 Å². The van der Waals surface area contributed by atoms with Crippen LogP contribution in [0.5, 0.6) is 5.75 Å². The molecule has 2 aliphatic rings. The van der Waals surface area contributed by atoms with E-state index in [1.165, 1.54) is 17.6 Å². The highest BCUT2D eigenvalue weighted by atomic mass is 19.4. The van der Waals surface area contributed by atoms with Crippen molar-refractivity contribution in [3.8, 4) is 5.75 Å². The minimum Gasteiger partial charge on any atom is -0.508 e. The SMILES string of the molecule is CC(=O)OC1(c2nc3cc(O)cc(C(F)(F)F)c3n2C2CC(C)(O)C2)CC1. The van der Waals surface area contributed by atoms with E-state index in [-0.39, 0.29) is 29.7 Å². The molecule has 0 bridgehead atoms. The monoisotopic (exact) mass is 384 g/mol. The molecule has 1 aromatic heterocycles. The normalized spacial score (nSPS) is 26.7. The van der Waals surface area contributed by atoms with E-state index in [1.807, 2.05) is 0 Å². The molecule has 1 aromatic carbocycles. The molecule has 0 atom stereocenters. The van der Waals surface area contributed by atoms with Crippen LogP contribution in [0.1, 0.15) is 57.0 Å². The Balaban J connectivity index is 1.97. The van der Waals surface area contributed by atoms with E-state index in [9.17, 15) is 28.2 Å². The number of aliphatic hydroxyl groups is 1. The summed E-state index contributed by atoms with van der Waals surface area (Å²) in [4.78, 5) is 15.8. The number of carbonyl (C=O) groups excluding carboxylic acids is 1. The molecule has 0 saturated heterocycles. The third kappa shape index (κ3) is 2.93. The van der Waals surface area contributed by atoms with E-state index < -0.39 is 40.7 Å². The average Bonchev–Trinajstić information content (AvgIpc) is 3.14. The van der Waals surface area contributed by atoms with Crippen molar-refractivity contribution in [2.24, 2.45) is 0 Å². The summed E-state index contributed by atoms with van der Waals surface area (Å²) in [5.41, 5.74) is -3.19. The maximum absolute atomic E-state index is 13.7. The van der Waals surface area contributed by atoms with Crippen LogP contribution < -0.4 is 0 Å². The molecule has 2 saturated carbocycles. The number of phenols is 1. The van der Waals surface area contributed by atoms with E-state index in [0.717, 1.165) is 0 Å². The largest absolute Gasteiger partial charge is 0.508 e. The third-order valence-corrected chi connectivity index (χ3v) is 5.24. The van der Waals surface area contributed by atoms with Crippen molar-refractivity contribution >= 4 is 17.0 Å². The Hall–Kier alpha value is -2.29. The standard InChI is InChI=1S/C18H19F3N2O4/c1-9(24)27-17(3-4-17)15-22-13-6-11(25)5-12(18(19,20)21)14(13)23(15)10-7-16(2,26)8-10/h5-6,10,25-26H,3-4,7-8H2,1-2H3. The van der Waals surface area contributed by atoms with Crippen LogP contribution in [0.25, 0.3) is 11.0 Å². The van der Waals surface area contributed by atoms with Crippen LogP contribution >= 0.6 is 0 Å². The second-order valence-electron chi connectivity index (χ2n) is 7.81. The van der Waals surface area contributed by atoms with Crippen LogP contribution in [0.2, 0.25) is 0 Å². The lowest BCUT2D eigenvalue weighted by molar-refractivity contribution is -0.150. The Kier molecular flexibility index (Phi) is 3.60. The summed E-state index contributed by atoms with van der Waals surface area (Å²) >= 11 is 0. The number of esters is 1. The first-order valence-electron chi connectivity index (χ1n) is 8.66. The van der Waals surface area contributed by atoms with Gasteiger partial charge in [0, 0.05) is 19.0 Å². The molecular weight excluding hydrogens is 365 g/mol. The number of aromatic nitrogens is 2. The number of nitrogens with zero attached hydrogens (tertiary/aromatic N) is 2. The van der Waals surface area contributed by atoms with E-state index in [4.69, 9.17) is 4.74 Å². The zero-order chi connectivity index (χ0) is 19.8. The number of alkyl halides is 3. The summed E-state index contributed by atoms with van der Waals surface area (Å²) in [5.74, 6) is -0.834. The quantitative estimate of drug-likeness (QED) is 0.793. The number of carbonyl (C=O) groups is 1. The number of imidazole rings is 1. The lowest BCUT2D eigenvalue weighted by Gasteiger charge is -2.43. The molecule has 146 valence electrons. The molecule has 0 amide bonds. The molecule has 0 aliphatic heterocycles. The number of benzene rings is 1. The summed E-state index contributed by atoms with van der Waals surface area (Å²) < 4.78 is 47.8. The van der Waals surface area contributed by atoms with Gasteiger partial charge in [-0.3, -0.25) is 4.79 Å². The van der Waals surface area contributed by atoms with Crippen LogP contribution in [0, 0.1) is 0 Å². The van der Waals surface area contributed by atoms with Gasteiger partial charge in [-0.05, 0) is 38.7 Å². The van der Waals surface area contributed by atoms with Crippen LogP contribution in [-0.2, 0) is 21.3 Å². The van der Waals surface area contributed by atoms with E-state index in [1.54, 1.807) is 6.92 Å². The van der Waals surface area contributed by atoms with Crippen LogP contribution in [-0.4, -0.2) is 31.3 Å². The number of phenolic OH excluding ortho intramolecular Hbond substituents is 1. The van der Waals surface area contributed by atoms with E-state index in [0.29, 0.717) is 18.9 Å². The maximum Gasteiger partial charge on any atom is 0.418 e. The van der Waals surface area contributed by atoms with Gasteiger partial charge in [0.05, 0.1) is 22.2 Å². The number of fused-ring (bicyclic) bond motifs is 1. The molecule has 2 aromatic rings. The highest BCUT2D eigenvalue weighted by Gasteiger charge is 2.54. The van der Waals surface area contributed by atoms with Gasteiger partial charge in [-0.2, -0.15) is 13.2 Å². The summed E-state index contributed by atoms with van der Waals surface area (Å²) in [6.45, 7) is 2.87. The number of halogens is 3. The minimum atomic E-state index is -4.70. The zero-order valence-electron chi connectivity index (χ0n) is 14.8. The van der Waals surface area contributed by atoms with Gasteiger partial charge in [-0.15, -0.1) is 0 Å². The Labute approximate surface area is 152 Å². The molecule has 6 nitrogen and oxygen atoms in total. The second-order valence-corrected chi connectivity index (χ2v) is 7.81. The predicted octanol–water partition coefficient (Wildman–Crippen LogP) is 3.40. The fourth-order valence-corrected chi connectivity index (χ4v) is 4.01. The minimum absolute atomic E-state index is 0.0118. The van der Waals surface area contributed by atoms with Crippen molar-refractivity contribution in [3.63, 3.8) is 0 Å². The maximum atomic E-state index is 13.7. The fraction of sp³-hybridized carbons (Fsp3) is 0.556. The molecule has 2 fully saturated rings. The number of hydrogen-bond donors (Lipinski definition) is 2. The molecule has 0 unspecified atom stereocenters. The lowest BCUT2D eigenvalue weighted by Crippen LogP contribution is -2.43. The highest BCUT2D eigenvalue weighted by molar-refractivity contribution is 5.83. The van der Waals surface area contributed by atoms with Crippen molar-refractivity contribution in [2.45, 2.75) is 63.0 Å². The van der Waals surface area contributed by atoms with Gasteiger partial charge in [0.2, 0.25) is 0 Å². The van der Waals surface area contributed by atoms with E-state index >= 15 is 0 Å². The summed E-state index contributed by atoms with van der Waals surface area (Å²) in [5, 5.41) is 19.9. The summed E-state index contributed by atoms with van der Waals surface area (Å²) in [6.07, 6.45) is -3.24. The average molecular weight is 384 g/mol. The fourth-order valence-electron chi connectivity index (χ4n) is 4.01. The summed E-state index contributed by atoms with van der Waals surface area (Å²) in [6, 6.07) is 1.44. The zero-order valence-corrected chi connectivity index (χ0v) is 14.8. The first-order chi connectivity index (χ1) is 12.4. The lowest BCUT2D eigenvalue weighted by atomic mass is 9.77. The molecule has 27 heavy (non-hydrogen) atoms. The van der Waals surface area contributed by atoms with Gasteiger partial charge >= 0.3 is 12.1 Å². The number of ether oxygens (including phenoxy) is 1. The van der Waals surface area contributed by atoms with Crippen molar-refractivity contribution in [3.05, 3.63) is 23.5 Å². The first-order valence-corrected chi connectivity index (χ1v) is 8.66. The first kappa shape index (κ1) is 18.1. The summed E-state index contributed by atoms with van der Waals surface area (Å²) in [7, 11) is 0. The van der Waals surface area contributed by atoms with Crippen molar-refractivity contribution in [1.29, 1.82) is 0 Å². The van der Waals surface area contributed by atoms with Gasteiger partial charge in [0.15, 0.2) is 11.4 Å². The molecule has 2 aliphatic carbocycles. The van der Waals surface area contributed by atoms with Gasteiger partial charge in [0.25, 0.3) is 0 Å². The smallest absolute Gasteiger partial charge is 0.418 e. The second kappa shape index (κ2) is 5.37. The van der Waals surface area contributed by atoms with E-state index in [2.05, 4.69) is 4.98 Å². The Morgan fingerprint density at radius 3 is 2.44 bits per heavy atom. The highest BCUT2D eigenvalue weighted by Crippen LogP contribution is 2.54. The number of hydrogen-bond acceptors (Lipinski definition) is 5. The van der Waals surface area contributed by atoms with Crippen LogP contribution in [0.3, 0.4) is 0 Å². The molecule has 0 spiro atoms. The Morgan fingerprint density at radius 2 is 1.96 bits per heavy atom. The van der Waals surface area contributed by atoms with Gasteiger partial charge < -0.3 is 19.5 Å². The van der Waals surface area contributed by atoms with Crippen LogP contribution in [0.15, 0.2) is 12.1 Å². The van der Waals surface area contributed by atoms with Crippen LogP contribution in [0.4, 0.5) is 13.2 Å². The molecule has 9 heteroatoms. The Bertz CT molecular complexity index is 936. The third-order valence-electron chi connectivity index (χ3n) is 5.24. The van der Waals surface area contributed by atoms with Gasteiger partial charge in [-0.25, -0.2) is 4.98 Å². The molecule has 4 rings (SSSR count).